The van der Waals surface area contributed by atoms with Crippen molar-refractivity contribution >= 4 is 50.2 Å². The van der Waals surface area contributed by atoms with Gasteiger partial charge in [-0.15, -0.1) is 0 Å². The van der Waals surface area contributed by atoms with Crippen LogP contribution in [0.5, 0.6) is 0 Å². The maximum atomic E-state index is 13.3. The van der Waals surface area contributed by atoms with Crippen molar-refractivity contribution < 1.29 is 27.8 Å². The minimum Gasteiger partial charge on any atom is -0.617 e. The van der Waals surface area contributed by atoms with Crippen molar-refractivity contribution in [2.75, 3.05) is 26.2 Å². The predicted octanol–water partition coefficient (Wildman–Crippen LogP) is 4.65. The zero-order valence-corrected chi connectivity index (χ0v) is 25.5. The van der Waals surface area contributed by atoms with Crippen LogP contribution in [0.15, 0.2) is 83.9 Å². The van der Waals surface area contributed by atoms with Gasteiger partial charge in [-0.05, 0) is 85.1 Å². The van der Waals surface area contributed by atoms with Crippen LogP contribution in [0.25, 0.3) is 21.9 Å². The van der Waals surface area contributed by atoms with Crippen LogP contribution in [0.1, 0.15) is 31.1 Å². The average molecular weight is 623 g/mol. The molecular formula is C31H31ClN4O6S. The number of amides is 2. The zero-order chi connectivity index (χ0) is 30.9. The fourth-order valence-electron chi connectivity index (χ4n) is 4.79. The number of ether oxygens (including phenoxy) is 1. The molecule has 3 aromatic carbocycles. The number of rotatable bonds is 5. The number of aromatic nitrogens is 1. The number of benzene rings is 3. The van der Waals surface area contributed by atoms with Crippen molar-refractivity contribution in [1.29, 1.82) is 0 Å². The number of halogens is 1. The molecule has 4 aromatic rings. The summed E-state index contributed by atoms with van der Waals surface area (Å²) >= 11 is 6.04. The zero-order valence-electron chi connectivity index (χ0n) is 23.9. The van der Waals surface area contributed by atoms with Gasteiger partial charge in [0.05, 0.1) is 4.90 Å². The van der Waals surface area contributed by atoms with Gasteiger partial charge in [-0.1, -0.05) is 35.9 Å². The summed E-state index contributed by atoms with van der Waals surface area (Å²) < 4.78 is 33.2. The van der Waals surface area contributed by atoms with E-state index in [1.807, 2.05) is 0 Å². The molecule has 1 N–H and O–H groups in total. The second-order valence-corrected chi connectivity index (χ2v) is 13.6. The second kappa shape index (κ2) is 12.0. The molecule has 1 aliphatic heterocycles. The lowest BCUT2D eigenvalue weighted by Crippen LogP contribution is -3.05. The van der Waals surface area contributed by atoms with Gasteiger partial charge < -0.3 is 14.8 Å². The molecule has 1 atom stereocenters. The number of carbonyl (C=O) groups is 2. The Morgan fingerprint density at radius 1 is 0.884 bits per heavy atom. The monoisotopic (exact) mass is 622 g/mol. The van der Waals surface area contributed by atoms with Crippen LogP contribution in [-0.4, -0.2) is 66.4 Å². The average Bonchev–Trinajstić information content (AvgIpc) is 2.99. The van der Waals surface area contributed by atoms with Gasteiger partial charge in [0.1, 0.15) is 5.60 Å². The first-order valence-corrected chi connectivity index (χ1v) is 15.5. The Morgan fingerprint density at radius 2 is 1.53 bits per heavy atom. The maximum Gasteiger partial charge on any atom is 0.521 e. The number of hydrogen-bond acceptors (Lipinski definition) is 7. The highest BCUT2D eigenvalue weighted by Crippen LogP contribution is 2.26. The molecule has 0 spiro atoms. The number of fused-ring (bicyclic) bond motifs is 1. The first-order chi connectivity index (χ1) is 20.3. The first-order valence-electron chi connectivity index (χ1n) is 13.6. The molecule has 43 heavy (non-hydrogen) atoms. The summed E-state index contributed by atoms with van der Waals surface area (Å²) in [6.45, 7) is 5.89. The first kappa shape index (κ1) is 30.6. The number of quaternary nitrogens is 1. The topological polar surface area (TPSA) is 124 Å². The van der Waals surface area contributed by atoms with Gasteiger partial charge in [-0.25, -0.2) is 18.5 Å². The molecule has 224 valence electrons. The molecule has 0 bridgehead atoms. The number of nitrogens with one attached hydrogen (secondary N) is 1. The third-order valence-electron chi connectivity index (χ3n) is 6.98. The lowest BCUT2D eigenvalue weighted by atomic mass is 10.0. The number of hydrogen-bond donors (Lipinski definition) is 1. The normalized spacial score (nSPS) is 15.3. The molecule has 2 amide bonds. The van der Waals surface area contributed by atoms with E-state index < -0.39 is 26.8 Å². The summed E-state index contributed by atoms with van der Waals surface area (Å²) in [5.74, 6) is -0.241. The Kier molecular flexibility index (Phi) is 8.55. The number of pyridine rings is 1. The Balaban J connectivity index is 1.23. The van der Waals surface area contributed by atoms with Gasteiger partial charge in [-0.3, -0.25) is 4.79 Å². The van der Waals surface area contributed by atoms with Gasteiger partial charge in [-0.2, -0.15) is 9.10 Å². The number of nitrogens with zero attached hydrogens (tertiary/aromatic N) is 3. The molecule has 1 fully saturated rings. The van der Waals surface area contributed by atoms with Gasteiger partial charge in [0, 0.05) is 49.0 Å². The Morgan fingerprint density at radius 3 is 2.21 bits per heavy atom. The standard InChI is InChI=1S/C31H31ClN4O6S/c1-31(2,3)42-30(38)36(39)28-20-25(12-13-33-28)21-4-6-22(7-5-21)29(37)34-14-16-35(17-15-34)43(40,41)27-11-9-23-18-26(32)10-8-24(23)19-27/h4-13,18-20,36H,14-17H2,1-3H3. The molecule has 12 heteroatoms. The van der Waals surface area contributed by atoms with Crippen LogP contribution in [0.4, 0.5) is 10.6 Å². The highest BCUT2D eigenvalue weighted by Gasteiger charge is 2.31. The fourth-order valence-corrected chi connectivity index (χ4v) is 6.43. The predicted molar refractivity (Wildman–Crippen MR) is 164 cm³/mol. The van der Waals surface area contributed by atoms with E-state index in [-0.39, 0.29) is 42.8 Å². The number of hydroxylamine groups is 1. The lowest BCUT2D eigenvalue weighted by Gasteiger charge is -2.34. The Labute approximate surface area is 255 Å². The van der Waals surface area contributed by atoms with Crippen molar-refractivity contribution in [2.24, 2.45) is 0 Å². The quantitative estimate of drug-likeness (QED) is 0.321. The second-order valence-electron chi connectivity index (χ2n) is 11.2. The number of carbonyl (C=O) groups excluding carboxylic acids is 2. The van der Waals surface area contributed by atoms with Crippen LogP contribution in [0.3, 0.4) is 0 Å². The molecule has 2 heterocycles. The summed E-state index contributed by atoms with van der Waals surface area (Å²) in [5.41, 5.74) is 1.02. The van der Waals surface area contributed by atoms with E-state index in [9.17, 15) is 23.2 Å². The number of piperazine rings is 1. The maximum absolute atomic E-state index is 13.3. The highest BCUT2D eigenvalue weighted by atomic mass is 35.5. The van der Waals surface area contributed by atoms with E-state index in [2.05, 4.69) is 4.98 Å². The third-order valence-corrected chi connectivity index (χ3v) is 9.11. The lowest BCUT2D eigenvalue weighted by molar-refractivity contribution is -0.697. The Bertz CT molecular complexity index is 1780. The smallest absolute Gasteiger partial charge is 0.521 e. The molecule has 5 rings (SSSR count). The van der Waals surface area contributed by atoms with E-state index in [1.165, 1.54) is 16.6 Å². The van der Waals surface area contributed by atoms with Crippen LogP contribution in [0.2, 0.25) is 5.02 Å². The minimum atomic E-state index is -3.73. The molecule has 1 saturated heterocycles. The van der Waals surface area contributed by atoms with Gasteiger partial charge in [0.15, 0.2) is 0 Å². The third kappa shape index (κ3) is 6.87. The van der Waals surface area contributed by atoms with Crippen LogP contribution in [0, 0.1) is 5.21 Å². The molecule has 0 aliphatic carbocycles. The van der Waals surface area contributed by atoms with E-state index in [4.69, 9.17) is 16.3 Å². The van der Waals surface area contributed by atoms with Crippen LogP contribution < -0.4 is 5.06 Å². The largest absolute Gasteiger partial charge is 0.617 e. The molecule has 1 aromatic heterocycles. The van der Waals surface area contributed by atoms with E-state index in [0.29, 0.717) is 16.1 Å². The summed E-state index contributed by atoms with van der Waals surface area (Å²) in [7, 11) is -3.73. The van der Waals surface area contributed by atoms with E-state index >= 15 is 0 Å². The van der Waals surface area contributed by atoms with E-state index in [0.717, 1.165) is 16.3 Å². The summed E-state index contributed by atoms with van der Waals surface area (Å²) in [6, 6.07) is 20.3. The van der Waals surface area contributed by atoms with Crippen LogP contribution in [-0.2, 0) is 14.8 Å². The molecule has 1 aliphatic rings. The van der Waals surface area contributed by atoms with Gasteiger partial charge in [0.2, 0.25) is 15.8 Å². The van der Waals surface area contributed by atoms with Crippen molar-refractivity contribution in [3.8, 4) is 11.1 Å². The van der Waals surface area contributed by atoms with Crippen molar-refractivity contribution in [2.45, 2.75) is 31.3 Å². The molecule has 10 nitrogen and oxygen atoms in total. The molecular weight excluding hydrogens is 592 g/mol. The van der Waals surface area contributed by atoms with Gasteiger partial charge >= 0.3 is 6.09 Å². The molecule has 0 saturated carbocycles. The van der Waals surface area contributed by atoms with Crippen LogP contribution >= 0.6 is 11.6 Å². The minimum absolute atomic E-state index is 0.0344. The van der Waals surface area contributed by atoms with Crippen molar-refractivity contribution in [3.05, 3.63) is 94.8 Å². The summed E-state index contributed by atoms with van der Waals surface area (Å²) in [5, 5.41) is 13.9. The SMILES string of the molecule is CC(C)(C)OC(=O)[NH+]([O-])c1cc(-c2ccc(C(=O)N3CCN(S(=O)(=O)c4ccc5cc(Cl)ccc5c4)CC3)cc2)ccn1. The number of sulfonamides is 1. The molecule has 1 unspecified atom stereocenters. The van der Waals surface area contributed by atoms with Crippen molar-refractivity contribution in [3.63, 3.8) is 0 Å². The van der Waals surface area contributed by atoms with E-state index in [1.54, 1.807) is 92.4 Å². The molecule has 0 radical (unpaired) electrons. The summed E-state index contributed by atoms with van der Waals surface area (Å²) in [6.07, 6.45) is 0.459. The highest BCUT2D eigenvalue weighted by molar-refractivity contribution is 7.89. The van der Waals surface area contributed by atoms with Crippen molar-refractivity contribution in [1.82, 2.24) is 14.2 Å². The van der Waals surface area contributed by atoms with Gasteiger partial charge in [0.25, 0.3) is 5.91 Å². The fraction of sp³-hybridized carbons (Fsp3) is 0.258. The Hall–Kier alpha value is -3.87. The summed E-state index contributed by atoms with van der Waals surface area (Å²) in [4.78, 5) is 31.3.